The van der Waals surface area contributed by atoms with Crippen LogP contribution in [0.3, 0.4) is 0 Å². The largest absolute Gasteiger partial charge is 0.507 e. The summed E-state index contributed by atoms with van der Waals surface area (Å²) >= 11 is 4.23. The molecular weight excluding hydrogens is 364 g/mol. The van der Waals surface area contributed by atoms with Gasteiger partial charge in [-0.15, -0.1) is 12.6 Å². The molecule has 0 aliphatic carbocycles. The Morgan fingerprint density at radius 1 is 1.04 bits per heavy atom. The Balaban J connectivity index is 3.27. The van der Waals surface area contributed by atoms with Crippen LogP contribution in [0.15, 0.2) is 12.1 Å². The number of aromatic hydroxyl groups is 1. The number of benzene rings is 1. The Hall–Kier alpha value is -0.960. The summed E-state index contributed by atoms with van der Waals surface area (Å²) in [5.74, 6) is 0.893. The molecule has 2 nitrogen and oxygen atoms in total. The van der Waals surface area contributed by atoms with Gasteiger partial charge in [-0.1, -0.05) is 93.2 Å². The van der Waals surface area contributed by atoms with Crippen molar-refractivity contribution in [3.8, 4) is 5.75 Å². The van der Waals surface area contributed by atoms with Crippen molar-refractivity contribution in [3.05, 3.63) is 28.8 Å². The van der Waals surface area contributed by atoms with Crippen LogP contribution >= 0.6 is 12.6 Å². The van der Waals surface area contributed by atoms with E-state index < -0.39 is 0 Å². The van der Waals surface area contributed by atoms with Crippen molar-refractivity contribution >= 4 is 17.7 Å². The second-order valence-electron chi connectivity index (χ2n) is 10.4. The third-order valence-corrected chi connectivity index (χ3v) is 6.14. The molecule has 0 aromatic heterocycles. The highest BCUT2D eigenvalue weighted by atomic mass is 32.1. The lowest BCUT2D eigenvalue weighted by Crippen LogP contribution is -2.20. The normalized spacial score (nSPS) is 14.8. The fourth-order valence-corrected chi connectivity index (χ4v) is 4.09. The van der Waals surface area contributed by atoms with E-state index in [1.807, 2.05) is 0 Å². The molecule has 0 radical (unpaired) electrons. The standard InChI is InChI=1S/C25H42O2S/c1-9-11-12-17(10-2)13-19(23(27)28)14-18-15-20(24(3,4)5)22(26)21(16-18)25(6,7)8/h15-17,19,26H,9-14H2,1-8H3,(H,27,28). The van der Waals surface area contributed by atoms with Gasteiger partial charge >= 0.3 is 0 Å². The molecule has 0 heterocycles. The Labute approximate surface area is 178 Å². The molecule has 28 heavy (non-hydrogen) atoms. The van der Waals surface area contributed by atoms with Crippen LogP contribution in [0.25, 0.3) is 0 Å². The van der Waals surface area contributed by atoms with Crippen LogP contribution in [0.1, 0.15) is 104 Å². The summed E-state index contributed by atoms with van der Waals surface area (Å²) in [6.07, 6.45) is 6.28. The SMILES string of the molecule is CCCCC(CC)CC(Cc1cc(C(C)(C)C)c(O)c(C(C)(C)C)c1)C(=O)S. The van der Waals surface area contributed by atoms with Gasteiger partial charge in [0.25, 0.3) is 0 Å². The summed E-state index contributed by atoms with van der Waals surface area (Å²) in [5.41, 5.74) is 2.73. The zero-order valence-corrected chi connectivity index (χ0v) is 20.2. The molecule has 1 N–H and O–H groups in total. The van der Waals surface area contributed by atoms with Gasteiger partial charge in [-0.05, 0) is 46.3 Å². The molecule has 0 aliphatic heterocycles. The molecule has 0 bridgehead atoms. The summed E-state index contributed by atoms with van der Waals surface area (Å²) < 4.78 is 0. The van der Waals surface area contributed by atoms with Gasteiger partial charge in [0.05, 0.1) is 0 Å². The minimum absolute atomic E-state index is 0.0161. The molecule has 0 saturated heterocycles. The van der Waals surface area contributed by atoms with E-state index in [0.29, 0.717) is 18.1 Å². The average Bonchev–Trinajstić information content (AvgIpc) is 2.56. The Kier molecular flexibility index (Phi) is 9.12. The van der Waals surface area contributed by atoms with E-state index in [1.165, 1.54) is 19.3 Å². The fraction of sp³-hybridized carbons (Fsp3) is 0.720. The number of hydrogen-bond donors (Lipinski definition) is 2. The minimum Gasteiger partial charge on any atom is -0.507 e. The van der Waals surface area contributed by atoms with Gasteiger partial charge in [-0.2, -0.15) is 0 Å². The molecule has 1 aromatic rings. The van der Waals surface area contributed by atoms with Gasteiger partial charge in [-0.25, -0.2) is 0 Å². The molecular formula is C25H42O2S. The van der Waals surface area contributed by atoms with E-state index in [4.69, 9.17) is 0 Å². The van der Waals surface area contributed by atoms with Crippen molar-refractivity contribution in [2.75, 3.05) is 0 Å². The third-order valence-electron chi connectivity index (χ3n) is 5.78. The van der Waals surface area contributed by atoms with Crippen molar-refractivity contribution in [2.45, 2.75) is 105 Å². The van der Waals surface area contributed by atoms with Gasteiger partial charge < -0.3 is 5.11 Å². The number of rotatable bonds is 9. The average molecular weight is 407 g/mol. The zero-order chi connectivity index (χ0) is 21.7. The molecule has 1 aromatic carbocycles. The molecule has 3 heteroatoms. The minimum atomic E-state index is -0.159. The number of carbonyl (C=O) groups excluding carboxylic acids is 1. The maximum Gasteiger partial charge on any atom is 0.189 e. The maximum absolute atomic E-state index is 12.3. The van der Waals surface area contributed by atoms with Gasteiger partial charge in [0.2, 0.25) is 0 Å². The van der Waals surface area contributed by atoms with Crippen molar-refractivity contribution < 1.29 is 9.90 Å². The first-order chi connectivity index (χ1) is 12.8. The summed E-state index contributed by atoms with van der Waals surface area (Å²) in [5, 5.41) is 10.9. The van der Waals surface area contributed by atoms with Gasteiger partial charge in [0.1, 0.15) is 5.75 Å². The highest BCUT2D eigenvalue weighted by Gasteiger charge is 2.28. The molecule has 160 valence electrons. The highest BCUT2D eigenvalue weighted by molar-refractivity contribution is 7.96. The Morgan fingerprint density at radius 2 is 1.54 bits per heavy atom. The fourth-order valence-electron chi connectivity index (χ4n) is 3.90. The van der Waals surface area contributed by atoms with Crippen LogP contribution in [0.4, 0.5) is 0 Å². The van der Waals surface area contributed by atoms with Crippen molar-refractivity contribution in [3.63, 3.8) is 0 Å². The molecule has 0 spiro atoms. The van der Waals surface area contributed by atoms with Crippen LogP contribution in [0.5, 0.6) is 5.75 Å². The predicted molar refractivity (Wildman–Crippen MR) is 125 cm³/mol. The lowest BCUT2D eigenvalue weighted by Gasteiger charge is -2.29. The second kappa shape index (κ2) is 10.2. The number of phenols is 1. The van der Waals surface area contributed by atoms with E-state index >= 15 is 0 Å². The van der Waals surface area contributed by atoms with E-state index in [9.17, 15) is 9.90 Å². The number of hydrogen-bond acceptors (Lipinski definition) is 2. The van der Waals surface area contributed by atoms with E-state index in [-0.39, 0.29) is 21.9 Å². The number of carbonyl (C=O) groups is 1. The van der Waals surface area contributed by atoms with Crippen LogP contribution in [0.2, 0.25) is 0 Å². The topological polar surface area (TPSA) is 37.3 Å². The van der Waals surface area contributed by atoms with E-state index in [2.05, 4.69) is 80.2 Å². The molecule has 0 saturated carbocycles. The first kappa shape index (κ1) is 25.1. The smallest absolute Gasteiger partial charge is 0.189 e. The molecule has 0 amide bonds. The molecule has 1 rings (SSSR count). The van der Waals surface area contributed by atoms with Gasteiger partial charge in [0, 0.05) is 5.92 Å². The predicted octanol–water partition coefficient (Wildman–Crippen LogP) is 7.21. The van der Waals surface area contributed by atoms with Crippen LogP contribution in [0, 0.1) is 11.8 Å². The van der Waals surface area contributed by atoms with Gasteiger partial charge in [0.15, 0.2) is 5.12 Å². The van der Waals surface area contributed by atoms with Crippen molar-refractivity contribution in [2.24, 2.45) is 11.8 Å². The van der Waals surface area contributed by atoms with Crippen molar-refractivity contribution in [1.29, 1.82) is 0 Å². The number of unbranched alkanes of at least 4 members (excludes halogenated alkanes) is 1. The van der Waals surface area contributed by atoms with Crippen LogP contribution in [-0.4, -0.2) is 10.2 Å². The Bertz CT molecular complexity index is 614. The molecule has 0 fully saturated rings. The lowest BCUT2D eigenvalue weighted by molar-refractivity contribution is -0.114. The Morgan fingerprint density at radius 3 is 1.89 bits per heavy atom. The summed E-state index contributed by atoms with van der Waals surface area (Å²) in [6.45, 7) is 17.2. The summed E-state index contributed by atoms with van der Waals surface area (Å²) in [6, 6.07) is 4.20. The highest BCUT2D eigenvalue weighted by Crippen LogP contribution is 2.40. The molecule has 2 atom stereocenters. The number of thiol groups is 1. The van der Waals surface area contributed by atoms with Crippen LogP contribution in [-0.2, 0) is 22.0 Å². The number of phenolic OH excluding ortho intramolecular Hbond substituents is 1. The van der Waals surface area contributed by atoms with E-state index in [1.54, 1.807) is 0 Å². The molecule has 0 aliphatic rings. The lowest BCUT2D eigenvalue weighted by atomic mass is 9.77. The van der Waals surface area contributed by atoms with E-state index in [0.717, 1.165) is 29.5 Å². The quantitative estimate of drug-likeness (QED) is 0.425. The monoisotopic (exact) mass is 406 g/mol. The summed E-state index contributed by atoms with van der Waals surface area (Å²) in [4.78, 5) is 12.3. The molecule has 2 unspecified atom stereocenters. The van der Waals surface area contributed by atoms with Gasteiger partial charge in [-0.3, -0.25) is 4.79 Å². The first-order valence-corrected chi connectivity index (χ1v) is 11.4. The summed E-state index contributed by atoms with van der Waals surface area (Å²) in [7, 11) is 0. The third kappa shape index (κ3) is 7.13. The second-order valence-corrected chi connectivity index (χ2v) is 10.9. The van der Waals surface area contributed by atoms with Crippen molar-refractivity contribution in [1.82, 2.24) is 0 Å². The zero-order valence-electron chi connectivity index (χ0n) is 19.4. The maximum atomic E-state index is 12.3. The first-order valence-electron chi connectivity index (χ1n) is 10.9. The van der Waals surface area contributed by atoms with Crippen LogP contribution < -0.4 is 0 Å².